The van der Waals surface area contributed by atoms with Crippen molar-refractivity contribution in [1.82, 2.24) is 0 Å². The molecule has 5 rings (SSSR count). The molecule has 1 aliphatic carbocycles. The molecule has 4 aromatic rings. The normalized spacial score (nSPS) is 13.7. The van der Waals surface area contributed by atoms with Gasteiger partial charge in [-0.25, -0.2) is 4.79 Å². The van der Waals surface area contributed by atoms with Crippen LogP contribution in [0.15, 0.2) is 103 Å². The van der Waals surface area contributed by atoms with Crippen molar-refractivity contribution in [3.8, 4) is 5.75 Å². The van der Waals surface area contributed by atoms with Gasteiger partial charge in [-0.2, -0.15) is 0 Å². The zero-order valence-corrected chi connectivity index (χ0v) is 25.1. The Labute approximate surface area is 262 Å². The fourth-order valence-corrected chi connectivity index (χ4v) is 5.66. The van der Waals surface area contributed by atoms with Crippen molar-refractivity contribution in [3.05, 3.63) is 125 Å². The van der Waals surface area contributed by atoms with E-state index in [0.717, 1.165) is 36.9 Å². The van der Waals surface area contributed by atoms with Gasteiger partial charge in [-0.3, -0.25) is 9.59 Å². The van der Waals surface area contributed by atoms with E-state index in [-0.39, 0.29) is 24.0 Å². The molecule has 226 valence electrons. The number of benzene rings is 4. The van der Waals surface area contributed by atoms with Crippen LogP contribution < -0.4 is 15.0 Å². The molecule has 8 heteroatoms. The van der Waals surface area contributed by atoms with Gasteiger partial charge in [0.2, 0.25) is 5.91 Å². The van der Waals surface area contributed by atoms with Crippen LogP contribution in [0, 0.1) is 5.92 Å². The van der Waals surface area contributed by atoms with E-state index in [0.29, 0.717) is 40.7 Å². The molecule has 1 atom stereocenters. The fraction of sp³-hybridized carbons (Fsp3) is 0.250. The number of nitrogens with one attached hydrogen (secondary N) is 1. The minimum atomic E-state index is -1.03. The second-order valence-corrected chi connectivity index (χ2v) is 11.4. The molecule has 0 aromatic heterocycles. The van der Waals surface area contributed by atoms with Crippen LogP contribution in [-0.2, 0) is 16.0 Å². The summed E-state index contributed by atoms with van der Waals surface area (Å²) in [5.74, 6) is -0.440. The standard InChI is InChI=1S/C36H35ClN2O5/c37-28-16-18-29(19-17-28)39(35(41)27-10-4-5-11-27)22-23-44-30-20-14-25(15-21-30)24-33(36(42)43)38-32-13-7-6-12-31(32)34(40)26-8-2-1-3-9-26/h1-3,6-9,12-21,27,33,38H,4-5,10-11,22-24H2,(H,42,43)/t33-/m0/s1. The molecule has 2 N–H and O–H groups in total. The number of para-hydroxylation sites is 1. The van der Waals surface area contributed by atoms with E-state index in [9.17, 15) is 19.5 Å². The van der Waals surface area contributed by atoms with Crippen molar-refractivity contribution in [2.45, 2.75) is 38.1 Å². The molecule has 44 heavy (non-hydrogen) atoms. The second kappa shape index (κ2) is 14.7. The maximum Gasteiger partial charge on any atom is 0.326 e. The molecule has 1 fully saturated rings. The summed E-state index contributed by atoms with van der Waals surface area (Å²) < 4.78 is 5.99. The number of rotatable bonds is 13. The molecule has 0 spiro atoms. The number of carbonyl (C=O) groups excluding carboxylic acids is 2. The Balaban J connectivity index is 1.21. The molecular formula is C36H35ClN2O5. The second-order valence-electron chi connectivity index (χ2n) is 10.9. The van der Waals surface area contributed by atoms with E-state index in [1.807, 2.05) is 30.3 Å². The van der Waals surface area contributed by atoms with E-state index in [1.54, 1.807) is 77.7 Å². The minimum Gasteiger partial charge on any atom is -0.492 e. The summed E-state index contributed by atoms with van der Waals surface area (Å²) in [5, 5.41) is 13.7. The topological polar surface area (TPSA) is 95.9 Å². The van der Waals surface area contributed by atoms with Crippen molar-refractivity contribution >= 4 is 40.6 Å². The third-order valence-electron chi connectivity index (χ3n) is 7.89. The van der Waals surface area contributed by atoms with Gasteiger partial charge in [0, 0.05) is 39.9 Å². The zero-order chi connectivity index (χ0) is 30.9. The summed E-state index contributed by atoms with van der Waals surface area (Å²) >= 11 is 6.07. The number of carboxylic acid groups (broad SMARTS) is 1. The Kier molecular flexibility index (Phi) is 10.3. The number of ketones is 1. The van der Waals surface area contributed by atoms with Crippen LogP contribution >= 0.6 is 11.6 Å². The number of amides is 1. The van der Waals surface area contributed by atoms with Gasteiger partial charge in [0.05, 0.1) is 6.54 Å². The highest BCUT2D eigenvalue weighted by Crippen LogP contribution is 2.29. The lowest BCUT2D eigenvalue weighted by Crippen LogP contribution is -2.38. The predicted octanol–water partition coefficient (Wildman–Crippen LogP) is 7.28. The minimum absolute atomic E-state index is 0.0316. The van der Waals surface area contributed by atoms with Crippen LogP contribution in [0.25, 0.3) is 0 Å². The Bertz CT molecular complexity index is 1570. The monoisotopic (exact) mass is 610 g/mol. The lowest BCUT2D eigenvalue weighted by Gasteiger charge is -2.26. The number of hydrogen-bond donors (Lipinski definition) is 2. The number of ether oxygens (including phenoxy) is 1. The van der Waals surface area contributed by atoms with Crippen molar-refractivity contribution in [2.75, 3.05) is 23.4 Å². The van der Waals surface area contributed by atoms with Crippen molar-refractivity contribution < 1.29 is 24.2 Å². The van der Waals surface area contributed by atoms with E-state index in [2.05, 4.69) is 5.32 Å². The molecule has 1 aliphatic rings. The summed E-state index contributed by atoms with van der Waals surface area (Å²) in [6.45, 7) is 0.691. The van der Waals surface area contributed by atoms with Crippen molar-refractivity contribution in [2.24, 2.45) is 5.92 Å². The molecule has 0 unspecified atom stereocenters. The third-order valence-corrected chi connectivity index (χ3v) is 8.14. The van der Waals surface area contributed by atoms with E-state index in [4.69, 9.17) is 16.3 Å². The summed E-state index contributed by atoms with van der Waals surface area (Å²) in [6, 6.07) is 29.4. The highest BCUT2D eigenvalue weighted by Gasteiger charge is 2.28. The van der Waals surface area contributed by atoms with Crippen LogP contribution in [0.2, 0.25) is 5.02 Å². The van der Waals surface area contributed by atoms with Crippen molar-refractivity contribution in [3.63, 3.8) is 0 Å². The van der Waals surface area contributed by atoms with Crippen LogP contribution in [0.3, 0.4) is 0 Å². The van der Waals surface area contributed by atoms with Gasteiger partial charge < -0.3 is 20.1 Å². The van der Waals surface area contributed by atoms with Gasteiger partial charge in [-0.15, -0.1) is 0 Å². The molecule has 4 aromatic carbocycles. The van der Waals surface area contributed by atoms with Gasteiger partial charge in [0.15, 0.2) is 5.78 Å². The average molecular weight is 611 g/mol. The van der Waals surface area contributed by atoms with E-state index < -0.39 is 12.0 Å². The lowest BCUT2D eigenvalue weighted by molar-refractivity contribution is -0.137. The third kappa shape index (κ3) is 7.85. The SMILES string of the molecule is O=C(c1ccccc1)c1ccccc1N[C@@H](Cc1ccc(OCCN(C(=O)C2CCCC2)c2ccc(Cl)cc2)cc1)C(=O)O. The van der Waals surface area contributed by atoms with Gasteiger partial charge in [-0.05, 0) is 66.9 Å². The number of nitrogens with zero attached hydrogens (tertiary/aromatic N) is 1. The number of carbonyl (C=O) groups is 3. The molecule has 0 aliphatic heterocycles. The van der Waals surface area contributed by atoms with E-state index in [1.165, 1.54) is 0 Å². The number of aliphatic carboxylic acids is 1. The average Bonchev–Trinajstić information content (AvgIpc) is 3.60. The molecular weight excluding hydrogens is 576 g/mol. The first-order valence-electron chi connectivity index (χ1n) is 14.9. The number of hydrogen-bond acceptors (Lipinski definition) is 5. The molecule has 0 heterocycles. The zero-order valence-electron chi connectivity index (χ0n) is 24.3. The van der Waals surface area contributed by atoms with E-state index >= 15 is 0 Å². The Morgan fingerprint density at radius 2 is 1.52 bits per heavy atom. The first-order valence-corrected chi connectivity index (χ1v) is 15.2. The Hall–Kier alpha value is -4.62. The summed E-state index contributed by atoms with van der Waals surface area (Å²) in [4.78, 5) is 40.4. The molecule has 1 amide bonds. The lowest BCUT2D eigenvalue weighted by atomic mass is 10.00. The highest BCUT2D eigenvalue weighted by molar-refractivity contribution is 6.30. The quantitative estimate of drug-likeness (QED) is 0.154. The van der Waals surface area contributed by atoms with Crippen molar-refractivity contribution in [1.29, 1.82) is 0 Å². The largest absolute Gasteiger partial charge is 0.492 e. The predicted molar refractivity (Wildman–Crippen MR) is 173 cm³/mol. The summed E-state index contributed by atoms with van der Waals surface area (Å²) in [6.07, 6.45) is 4.16. The first kappa shape index (κ1) is 30.8. The summed E-state index contributed by atoms with van der Waals surface area (Å²) in [5.41, 5.74) is 3.00. The van der Waals surface area contributed by atoms with Crippen LogP contribution in [0.5, 0.6) is 5.75 Å². The smallest absolute Gasteiger partial charge is 0.326 e. The maximum absolute atomic E-state index is 13.3. The number of halogens is 1. The number of carboxylic acids is 1. The maximum atomic E-state index is 13.3. The highest BCUT2D eigenvalue weighted by atomic mass is 35.5. The molecule has 0 saturated heterocycles. The fourth-order valence-electron chi connectivity index (χ4n) is 5.53. The van der Waals surface area contributed by atoms with Gasteiger partial charge in [0.1, 0.15) is 18.4 Å². The Morgan fingerprint density at radius 3 is 2.20 bits per heavy atom. The molecule has 7 nitrogen and oxygen atoms in total. The van der Waals surface area contributed by atoms with Gasteiger partial charge in [-0.1, -0.05) is 79.0 Å². The van der Waals surface area contributed by atoms with Gasteiger partial charge in [0.25, 0.3) is 0 Å². The van der Waals surface area contributed by atoms with Gasteiger partial charge >= 0.3 is 5.97 Å². The first-order chi connectivity index (χ1) is 21.4. The summed E-state index contributed by atoms with van der Waals surface area (Å²) in [7, 11) is 0. The van der Waals surface area contributed by atoms with Crippen LogP contribution in [0.1, 0.15) is 47.2 Å². The Morgan fingerprint density at radius 1 is 0.864 bits per heavy atom. The van der Waals surface area contributed by atoms with Crippen LogP contribution in [0.4, 0.5) is 11.4 Å². The number of anilines is 2. The molecule has 0 bridgehead atoms. The molecule has 1 saturated carbocycles. The van der Waals surface area contributed by atoms with Crippen LogP contribution in [-0.4, -0.2) is 42.0 Å². The molecule has 0 radical (unpaired) electrons.